The van der Waals surface area contributed by atoms with E-state index in [4.69, 9.17) is 9.05 Å². The highest BCUT2D eigenvalue weighted by Gasteiger charge is 2.11. The molecular weight excluding hydrogens is 465 g/mol. The lowest BCUT2D eigenvalue weighted by Gasteiger charge is -2.22. The van der Waals surface area contributed by atoms with Gasteiger partial charge in [0.25, 0.3) is 19.2 Å². The molecule has 11 nitrogen and oxygen atoms in total. The van der Waals surface area contributed by atoms with Crippen molar-refractivity contribution >= 4 is 19.2 Å². The summed E-state index contributed by atoms with van der Waals surface area (Å²) in [6.07, 6.45) is 0.492. The number of non-ortho nitro benzene ring substituents is 2. The van der Waals surface area contributed by atoms with Crippen molar-refractivity contribution in [1.29, 1.82) is 0 Å². The minimum absolute atomic E-state index is 0.0521. The monoisotopic (exact) mass is 497 g/mol. The quantitative estimate of drug-likeness (QED) is 0.252. The van der Waals surface area contributed by atoms with Crippen LogP contribution in [0.5, 0.6) is 0 Å². The van der Waals surface area contributed by atoms with Crippen molar-refractivity contribution in [3.8, 4) is 0 Å². The molecule has 0 fully saturated rings. The Balaban J connectivity index is 0.000000718. The lowest BCUT2D eigenvalue weighted by atomic mass is 10.1. The van der Waals surface area contributed by atoms with E-state index in [1.807, 2.05) is 0 Å². The molecule has 0 spiro atoms. The maximum absolute atomic E-state index is 11.7. The highest BCUT2D eigenvalue weighted by atomic mass is 31.2. The summed E-state index contributed by atoms with van der Waals surface area (Å²) in [5.74, 6) is 0. The number of quaternary nitrogens is 1. The largest absolute Gasteiger partial charge is 0.756 e. The van der Waals surface area contributed by atoms with E-state index >= 15 is 0 Å². The molecule has 0 saturated carbocycles. The van der Waals surface area contributed by atoms with Gasteiger partial charge in [-0.2, -0.15) is 0 Å². The number of phosphoric ester groups is 1. The Morgan fingerprint density at radius 1 is 0.735 bits per heavy atom. The second-order valence-electron chi connectivity index (χ2n) is 7.27. The van der Waals surface area contributed by atoms with Gasteiger partial charge in [0, 0.05) is 24.3 Å². The lowest BCUT2D eigenvalue weighted by Crippen LogP contribution is -3.11. The van der Waals surface area contributed by atoms with E-state index in [1.165, 1.54) is 68.2 Å². The molecule has 0 saturated heterocycles. The van der Waals surface area contributed by atoms with Crippen LogP contribution in [0.2, 0.25) is 0 Å². The lowest BCUT2D eigenvalue weighted by molar-refractivity contribution is -0.894. The summed E-state index contributed by atoms with van der Waals surface area (Å²) in [6.45, 7) is 10.2. The number of phosphoric acid groups is 1. The van der Waals surface area contributed by atoms with Gasteiger partial charge >= 0.3 is 0 Å². The van der Waals surface area contributed by atoms with Crippen LogP contribution >= 0.6 is 7.82 Å². The van der Waals surface area contributed by atoms with Crippen LogP contribution in [0.4, 0.5) is 11.4 Å². The zero-order chi connectivity index (χ0) is 25.6. The van der Waals surface area contributed by atoms with Crippen molar-refractivity contribution in [2.24, 2.45) is 0 Å². The van der Waals surface area contributed by atoms with Gasteiger partial charge in [-0.3, -0.25) is 24.8 Å². The average Bonchev–Trinajstić information content (AvgIpc) is 2.81. The SMILES string of the molecule is CC[NH+](CC)CC.O=[N+]([O-])c1ccc(CCOP(=O)([O-])OCCc2ccc([N+](=O)[O-])cc2)cc1. The second kappa shape index (κ2) is 15.3. The molecule has 0 amide bonds. The van der Waals surface area contributed by atoms with E-state index in [9.17, 15) is 29.7 Å². The number of nitrogens with one attached hydrogen (secondary N) is 1. The zero-order valence-corrected chi connectivity index (χ0v) is 20.6. The fraction of sp³-hybridized carbons (Fsp3) is 0.455. The predicted molar refractivity (Wildman–Crippen MR) is 126 cm³/mol. The first-order chi connectivity index (χ1) is 16.1. The number of hydrogen-bond donors (Lipinski definition) is 1. The van der Waals surface area contributed by atoms with E-state index in [0.717, 1.165) is 0 Å². The third kappa shape index (κ3) is 11.4. The Labute approximate surface area is 199 Å². The van der Waals surface area contributed by atoms with Gasteiger partial charge in [-0.15, -0.1) is 0 Å². The van der Waals surface area contributed by atoms with Crippen LogP contribution < -0.4 is 9.79 Å². The summed E-state index contributed by atoms with van der Waals surface area (Å²) in [7, 11) is -4.48. The van der Waals surface area contributed by atoms with Gasteiger partial charge in [0.05, 0.1) is 42.7 Å². The van der Waals surface area contributed by atoms with Crippen molar-refractivity contribution in [1.82, 2.24) is 0 Å². The van der Waals surface area contributed by atoms with E-state index in [-0.39, 0.29) is 37.4 Å². The Morgan fingerprint density at radius 2 is 1.06 bits per heavy atom. The molecule has 0 radical (unpaired) electrons. The average molecular weight is 497 g/mol. The Bertz CT molecular complexity index is 861. The Hall–Kier alpha value is -2.69. The molecule has 2 rings (SSSR count). The summed E-state index contributed by atoms with van der Waals surface area (Å²) >= 11 is 0. The van der Waals surface area contributed by atoms with Gasteiger partial charge in [-0.1, -0.05) is 24.3 Å². The molecule has 2 aromatic carbocycles. The summed E-state index contributed by atoms with van der Waals surface area (Å²) in [5, 5.41) is 21.1. The third-order valence-corrected chi connectivity index (χ3v) is 6.07. The van der Waals surface area contributed by atoms with E-state index in [0.29, 0.717) is 11.1 Å². The number of nitrogens with zero attached hydrogens (tertiary/aromatic N) is 2. The van der Waals surface area contributed by atoms with Crippen molar-refractivity contribution in [2.45, 2.75) is 33.6 Å². The summed E-state index contributed by atoms with van der Waals surface area (Å²) in [4.78, 5) is 33.5. The fourth-order valence-corrected chi connectivity index (χ4v) is 3.61. The Kier molecular flexibility index (Phi) is 13.2. The normalized spacial score (nSPS) is 11.1. The molecule has 0 bridgehead atoms. The first-order valence-electron chi connectivity index (χ1n) is 11.0. The first-order valence-corrected chi connectivity index (χ1v) is 12.5. The van der Waals surface area contributed by atoms with Gasteiger partial charge in [0.15, 0.2) is 0 Å². The van der Waals surface area contributed by atoms with Crippen molar-refractivity contribution in [3.05, 3.63) is 79.9 Å². The molecule has 2 aromatic rings. The van der Waals surface area contributed by atoms with Gasteiger partial charge in [0.2, 0.25) is 0 Å². The number of nitro benzene ring substituents is 2. The van der Waals surface area contributed by atoms with Crippen molar-refractivity contribution in [3.63, 3.8) is 0 Å². The molecule has 0 aliphatic heterocycles. The molecule has 0 aliphatic carbocycles. The van der Waals surface area contributed by atoms with Crippen LogP contribution in [-0.2, 0) is 26.5 Å². The molecule has 12 heteroatoms. The number of benzene rings is 2. The van der Waals surface area contributed by atoms with Crippen LogP contribution in [-0.4, -0.2) is 42.7 Å². The van der Waals surface area contributed by atoms with Gasteiger partial charge in [-0.05, 0) is 44.7 Å². The smallest absolute Gasteiger partial charge is 0.269 e. The molecule has 34 heavy (non-hydrogen) atoms. The number of hydrogen-bond acceptors (Lipinski definition) is 8. The molecule has 0 heterocycles. The summed E-state index contributed by atoms with van der Waals surface area (Å²) < 4.78 is 21.2. The number of rotatable bonds is 13. The maximum atomic E-state index is 11.7. The molecular formula is C22H32N3O8P. The molecule has 0 atom stereocenters. The topological polar surface area (TPSA) is 149 Å². The maximum Gasteiger partial charge on any atom is 0.269 e. The molecule has 188 valence electrons. The highest BCUT2D eigenvalue weighted by molar-refractivity contribution is 7.45. The standard InChI is InChI=1S/C16H17N2O8P.C6H15N/c19-17(20)15-5-1-13(2-6-15)9-11-25-27(23,24)26-12-10-14-3-7-16(8-4-14)18(21)22;1-4-7(5-2)6-3/h1-8H,9-12H2,(H,23,24);4-6H2,1-3H3. The molecule has 0 unspecified atom stereocenters. The third-order valence-electron chi connectivity index (χ3n) is 5.07. The van der Waals surface area contributed by atoms with Crippen molar-refractivity contribution in [2.75, 3.05) is 32.8 Å². The van der Waals surface area contributed by atoms with Gasteiger partial charge in [-0.25, -0.2) is 0 Å². The van der Waals surface area contributed by atoms with E-state index in [2.05, 4.69) is 20.8 Å². The second-order valence-corrected chi connectivity index (χ2v) is 8.68. The van der Waals surface area contributed by atoms with Gasteiger partial charge < -0.3 is 18.8 Å². The van der Waals surface area contributed by atoms with Crippen LogP contribution in [0.3, 0.4) is 0 Å². The molecule has 1 N–H and O–H groups in total. The molecule has 0 aliphatic rings. The molecule has 0 aromatic heterocycles. The zero-order valence-electron chi connectivity index (χ0n) is 19.7. The highest BCUT2D eigenvalue weighted by Crippen LogP contribution is 2.38. The minimum Gasteiger partial charge on any atom is -0.756 e. The van der Waals surface area contributed by atoms with Crippen LogP contribution in [0, 0.1) is 20.2 Å². The Morgan fingerprint density at radius 3 is 1.29 bits per heavy atom. The van der Waals surface area contributed by atoms with E-state index in [1.54, 1.807) is 4.90 Å². The first kappa shape index (κ1) is 29.3. The van der Waals surface area contributed by atoms with Gasteiger partial charge in [0.1, 0.15) is 0 Å². The van der Waals surface area contributed by atoms with Crippen LogP contribution in [0.25, 0.3) is 0 Å². The minimum atomic E-state index is -4.48. The van der Waals surface area contributed by atoms with E-state index < -0.39 is 17.7 Å². The van der Waals surface area contributed by atoms with Crippen LogP contribution in [0.1, 0.15) is 31.9 Å². The predicted octanol–water partition coefficient (Wildman–Crippen LogP) is 2.72. The summed E-state index contributed by atoms with van der Waals surface area (Å²) in [5.41, 5.74) is 1.27. The van der Waals surface area contributed by atoms with Crippen molar-refractivity contribution < 1.29 is 33.3 Å². The number of nitro groups is 2. The summed E-state index contributed by atoms with van der Waals surface area (Å²) in [6, 6.07) is 11.4. The fourth-order valence-electron chi connectivity index (χ4n) is 2.91. The van der Waals surface area contributed by atoms with Crippen LogP contribution in [0.15, 0.2) is 48.5 Å².